The van der Waals surface area contributed by atoms with Crippen LogP contribution < -0.4 is 9.64 Å². The van der Waals surface area contributed by atoms with Crippen molar-refractivity contribution in [2.45, 2.75) is 25.7 Å². The number of hydrogen-bond acceptors (Lipinski definition) is 4. The van der Waals surface area contributed by atoms with E-state index < -0.39 is 0 Å². The smallest absolute Gasteiger partial charge is 0.140 e. The van der Waals surface area contributed by atoms with E-state index in [1.54, 1.807) is 7.11 Å². The average Bonchev–Trinajstić information content (AvgIpc) is 3.34. The van der Waals surface area contributed by atoms with Gasteiger partial charge in [0.25, 0.3) is 0 Å². The number of halogens is 1. The minimum atomic E-state index is 0.473. The molecular formula is C16H18ClN3O. The SMILES string of the molecule is COc1cccc(N(C)c2nc(C3CC3)nc(Cl)c2C)c1. The second kappa shape index (κ2) is 5.53. The number of ether oxygens (including phenoxy) is 1. The number of rotatable bonds is 4. The summed E-state index contributed by atoms with van der Waals surface area (Å²) in [4.78, 5) is 11.1. The molecule has 2 aromatic rings. The maximum Gasteiger partial charge on any atom is 0.140 e. The molecule has 0 saturated heterocycles. The molecule has 0 aliphatic heterocycles. The lowest BCUT2D eigenvalue weighted by molar-refractivity contribution is 0.415. The molecule has 110 valence electrons. The van der Waals surface area contributed by atoms with E-state index in [4.69, 9.17) is 21.3 Å². The first-order valence-corrected chi connectivity index (χ1v) is 7.39. The van der Waals surface area contributed by atoms with E-state index in [0.717, 1.165) is 41.5 Å². The predicted octanol–water partition coefficient (Wildman–Crippen LogP) is 4.09. The van der Waals surface area contributed by atoms with Crippen molar-refractivity contribution in [1.29, 1.82) is 0 Å². The molecule has 1 aliphatic carbocycles. The molecule has 0 unspecified atom stereocenters. The third kappa shape index (κ3) is 2.81. The van der Waals surface area contributed by atoms with Crippen molar-refractivity contribution in [2.24, 2.45) is 0 Å². The zero-order chi connectivity index (χ0) is 15.0. The van der Waals surface area contributed by atoms with Gasteiger partial charge in [0.05, 0.1) is 7.11 Å². The molecule has 3 rings (SSSR count). The van der Waals surface area contributed by atoms with Crippen molar-refractivity contribution in [3.05, 3.63) is 40.8 Å². The Morgan fingerprint density at radius 3 is 2.71 bits per heavy atom. The fourth-order valence-electron chi connectivity index (χ4n) is 2.29. The molecule has 0 radical (unpaired) electrons. The second-order valence-electron chi connectivity index (χ2n) is 5.36. The summed E-state index contributed by atoms with van der Waals surface area (Å²) in [5.41, 5.74) is 1.90. The van der Waals surface area contributed by atoms with Gasteiger partial charge in [0.15, 0.2) is 0 Å². The molecule has 0 bridgehead atoms. The van der Waals surface area contributed by atoms with Crippen LogP contribution in [0.25, 0.3) is 0 Å². The summed E-state index contributed by atoms with van der Waals surface area (Å²) in [5.74, 6) is 3.00. The van der Waals surface area contributed by atoms with Gasteiger partial charge < -0.3 is 9.64 Å². The fourth-order valence-corrected chi connectivity index (χ4v) is 2.46. The minimum absolute atomic E-state index is 0.473. The Kier molecular flexibility index (Phi) is 3.72. The lowest BCUT2D eigenvalue weighted by Crippen LogP contribution is -2.15. The van der Waals surface area contributed by atoms with Gasteiger partial charge in [0.1, 0.15) is 22.5 Å². The molecule has 1 aromatic heterocycles. The van der Waals surface area contributed by atoms with Gasteiger partial charge in [-0.2, -0.15) is 0 Å². The van der Waals surface area contributed by atoms with E-state index in [2.05, 4.69) is 4.98 Å². The Labute approximate surface area is 129 Å². The van der Waals surface area contributed by atoms with Crippen LogP contribution in [-0.2, 0) is 0 Å². The molecule has 1 heterocycles. The Bertz CT molecular complexity index is 671. The van der Waals surface area contributed by atoms with Crippen LogP contribution in [0.3, 0.4) is 0 Å². The lowest BCUT2D eigenvalue weighted by Gasteiger charge is -2.22. The Balaban J connectivity index is 2.01. The number of nitrogens with zero attached hydrogens (tertiary/aromatic N) is 3. The zero-order valence-corrected chi connectivity index (χ0v) is 13.2. The molecule has 0 amide bonds. The largest absolute Gasteiger partial charge is 0.497 e. The number of anilines is 2. The highest BCUT2D eigenvalue weighted by Gasteiger charge is 2.28. The number of methoxy groups -OCH3 is 1. The van der Waals surface area contributed by atoms with Gasteiger partial charge in [-0.05, 0) is 31.9 Å². The van der Waals surface area contributed by atoms with E-state index >= 15 is 0 Å². The molecular weight excluding hydrogens is 286 g/mol. The molecule has 1 aromatic carbocycles. The Morgan fingerprint density at radius 2 is 2.05 bits per heavy atom. The highest BCUT2D eigenvalue weighted by molar-refractivity contribution is 6.30. The summed E-state index contributed by atoms with van der Waals surface area (Å²) in [6, 6.07) is 7.89. The fraction of sp³-hybridized carbons (Fsp3) is 0.375. The van der Waals surface area contributed by atoms with Crippen LogP contribution in [0.2, 0.25) is 5.15 Å². The van der Waals surface area contributed by atoms with E-state index in [0.29, 0.717) is 11.1 Å². The highest BCUT2D eigenvalue weighted by Crippen LogP contribution is 2.40. The standard InChI is InChI=1S/C16H18ClN3O/c1-10-14(17)18-15(11-7-8-11)19-16(10)20(2)12-5-4-6-13(9-12)21-3/h4-6,9,11H,7-8H2,1-3H3. The summed E-state index contributed by atoms with van der Waals surface area (Å²) in [7, 11) is 3.65. The second-order valence-corrected chi connectivity index (χ2v) is 5.71. The van der Waals surface area contributed by atoms with Gasteiger partial charge >= 0.3 is 0 Å². The molecule has 0 N–H and O–H groups in total. The van der Waals surface area contributed by atoms with Crippen molar-refractivity contribution < 1.29 is 4.74 Å². The first-order chi connectivity index (χ1) is 10.1. The predicted molar refractivity (Wildman–Crippen MR) is 84.8 cm³/mol. The highest BCUT2D eigenvalue weighted by atomic mass is 35.5. The van der Waals surface area contributed by atoms with Crippen molar-refractivity contribution in [1.82, 2.24) is 9.97 Å². The number of aromatic nitrogens is 2. The zero-order valence-electron chi connectivity index (χ0n) is 12.4. The lowest BCUT2D eigenvalue weighted by atomic mass is 10.2. The number of hydrogen-bond donors (Lipinski definition) is 0. The summed E-state index contributed by atoms with van der Waals surface area (Å²) >= 11 is 6.28. The van der Waals surface area contributed by atoms with Gasteiger partial charge in [-0.15, -0.1) is 0 Å². The maximum atomic E-state index is 6.28. The Morgan fingerprint density at radius 1 is 1.29 bits per heavy atom. The molecule has 1 aliphatic rings. The van der Waals surface area contributed by atoms with Crippen molar-refractivity contribution in [2.75, 3.05) is 19.1 Å². The molecule has 21 heavy (non-hydrogen) atoms. The van der Waals surface area contributed by atoms with Gasteiger partial charge in [-0.25, -0.2) is 9.97 Å². The first-order valence-electron chi connectivity index (χ1n) is 7.02. The minimum Gasteiger partial charge on any atom is -0.497 e. The third-order valence-corrected chi connectivity index (χ3v) is 4.15. The van der Waals surface area contributed by atoms with Gasteiger partial charge in [0, 0.05) is 30.3 Å². The molecule has 0 spiro atoms. The molecule has 0 atom stereocenters. The quantitative estimate of drug-likeness (QED) is 0.797. The van der Waals surface area contributed by atoms with Crippen LogP contribution in [0, 0.1) is 6.92 Å². The summed E-state index contributed by atoms with van der Waals surface area (Å²) in [5, 5.41) is 0.539. The van der Waals surface area contributed by atoms with E-state index in [1.807, 2.05) is 43.1 Å². The third-order valence-electron chi connectivity index (χ3n) is 3.78. The molecule has 1 saturated carbocycles. The monoisotopic (exact) mass is 303 g/mol. The summed E-state index contributed by atoms with van der Waals surface area (Å²) in [6.07, 6.45) is 2.31. The molecule has 5 heteroatoms. The van der Waals surface area contributed by atoms with Gasteiger partial charge in [-0.1, -0.05) is 17.7 Å². The van der Waals surface area contributed by atoms with Crippen LogP contribution in [0.5, 0.6) is 5.75 Å². The van der Waals surface area contributed by atoms with Gasteiger partial charge in [-0.3, -0.25) is 0 Å². The van der Waals surface area contributed by atoms with E-state index in [1.165, 1.54) is 0 Å². The van der Waals surface area contributed by atoms with Crippen LogP contribution >= 0.6 is 11.6 Å². The van der Waals surface area contributed by atoms with Crippen LogP contribution in [0.4, 0.5) is 11.5 Å². The Hall–Kier alpha value is -1.81. The summed E-state index contributed by atoms with van der Waals surface area (Å²) < 4.78 is 5.28. The van der Waals surface area contributed by atoms with Crippen LogP contribution in [-0.4, -0.2) is 24.1 Å². The topological polar surface area (TPSA) is 38.2 Å². The molecule has 4 nitrogen and oxygen atoms in total. The van der Waals surface area contributed by atoms with E-state index in [9.17, 15) is 0 Å². The summed E-state index contributed by atoms with van der Waals surface area (Å²) in [6.45, 7) is 1.95. The average molecular weight is 304 g/mol. The molecule has 1 fully saturated rings. The first kappa shape index (κ1) is 14.1. The van der Waals surface area contributed by atoms with Crippen molar-refractivity contribution in [3.63, 3.8) is 0 Å². The van der Waals surface area contributed by atoms with Crippen molar-refractivity contribution >= 4 is 23.1 Å². The van der Waals surface area contributed by atoms with E-state index in [-0.39, 0.29) is 0 Å². The number of benzene rings is 1. The van der Waals surface area contributed by atoms with Crippen LogP contribution in [0.1, 0.15) is 30.1 Å². The normalized spacial score (nSPS) is 14.1. The van der Waals surface area contributed by atoms with Crippen molar-refractivity contribution in [3.8, 4) is 5.75 Å². The van der Waals surface area contributed by atoms with Gasteiger partial charge in [0.2, 0.25) is 0 Å². The maximum absolute atomic E-state index is 6.28. The van der Waals surface area contributed by atoms with Crippen LogP contribution in [0.15, 0.2) is 24.3 Å².